The molecule has 100 valence electrons. The summed E-state index contributed by atoms with van der Waals surface area (Å²) in [4.78, 5) is 16.3. The Hall–Kier alpha value is -2.10. The van der Waals surface area contributed by atoms with Crippen LogP contribution in [0.25, 0.3) is 10.8 Å². The number of nitrogens with one attached hydrogen (secondary N) is 1. The predicted molar refractivity (Wildman–Crippen MR) is 78.1 cm³/mol. The SMILES string of the molecule is CCCCNC(=O)c1nccc2c(N)cc(C)cc12. The van der Waals surface area contributed by atoms with Crippen molar-refractivity contribution in [2.24, 2.45) is 0 Å². The fraction of sp³-hybridized carbons (Fsp3) is 0.333. The van der Waals surface area contributed by atoms with Gasteiger partial charge in [-0.1, -0.05) is 13.3 Å². The molecule has 0 saturated carbocycles. The lowest BCUT2D eigenvalue weighted by molar-refractivity contribution is 0.0950. The van der Waals surface area contributed by atoms with Crippen LogP contribution in [0.5, 0.6) is 0 Å². The summed E-state index contributed by atoms with van der Waals surface area (Å²) in [6.07, 6.45) is 3.65. The molecule has 2 aromatic rings. The van der Waals surface area contributed by atoms with Crippen LogP contribution in [0, 0.1) is 6.92 Å². The van der Waals surface area contributed by atoms with Gasteiger partial charge in [0.25, 0.3) is 5.91 Å². The molecule has 1 aromatic heterocycles. The van der Waals surface area contributed by atoms with E-state index in [1.807, 2.05) is 25.1 Å². The molecule has 19 heavy (non-hydrogen) atoms. The lowest BCUT2D eigenvalue weighted by Crippen LogP contribution is -2.25. The number of fused-ring (bicyclic) bond motifs is 1. The number of aromatic nitrogens is 1. The van der Waals surface area contributed by atoms with Gasteiger partial charge in [-0.05, 0) is 37.1 Å². The van der Waals surface area contributed by atoms with Crippen molar-refractivity contribution in [3.63, 3.8) is 0 Å². The number of nitrogens with zero attached hydrogens (tertiary/aromatic N) is 1. The molecule has 0 bridgehead atoms. The molecule has 0 spiro atoms. The van der Waals surface area contributed by atoms with Crippen molar-refractivity contribution in [2.75, 3.05) is 12.3 Å². The highest BCUT2D eigenvalue weighted by Gasteiger charge is 2.12. The van der Waals surface area contributed by atoms with Crippen LogP contribution in [0.15, 0.2) is 24.4 Å². The van der Waals surface area contributed by atoms with Gasteiger partial charge in [-0.3, -0.25) is 9.78 Å². The van der Waals surface area contributed by atoms with Gasteiger partial charge in [-0.25, -0.2) is 0 Å². The monoisotopic (exact) mass is 257 g/mol. The van der Waals surface area contributed by atoms with Crippen LogP contribution >= 0.6 is 0 Å². The second-order valence-electron chi connectivity index (χ2n) is 4.72. The minimum atomic E-state index is -0.135. The third kappa shape index (κ3) is 2.84. The Bertz CT molecular complexity index is 608. The molecule has 4 heteroatoms. The molecule has 0 saturated heterocycles. The molecule has 0 fully saturated rings. The molecular weight excluding hydrogens is 238 g/mol. The number of carbonyl (C=O) groups is 1. The molecule has 0 aliphatic heterocycles. The van der Waals surface area contributed by atoms with Crippen LogP contribution < -0.4 is 11.1 Å². The highest BCUT2D eigenvalue weighted by atomic mass is 16.1. The van der Waals surface area contributed by atoms with E-state index < -0.39 is 0 Å². The summed E-state index contributed by atoms with van der Waals surface area (Å²) in [5.74, 6) is -0.135. The number of amides is 1. The summed E-state index contributed by atoms with van der Waals surface area (Å²) in [6.45, 7) is 4.72. The topological polar surface area (TPSA) is 68.0 Å². The van der Waals surface area contributed by atoms with Gasteiger partial charge in [-0.2, -0.15) is 0 Å². The van der Waals surface area contributed by atoms with Crippen molar-refractivity contribution in [3.8, 4) is 0 Å². The summed E-state index contributed by atoms with van der Waals surface area (Å²) >= 11 is 0. The molecule has 0 atom stereocenters. The number of nitrogen functional groups attached to an aromatic ring is 1. The molecule has 3 N–H and O–H groups in total. The lowest BCUT2D eigenvalue weighted by atomic mass is 10.0. The van der Waals surface area contributed by atoms with Gasteiger partial charge in [0.1, 0.15) is 5.69 Å². The number of rotatable bonds is 4. The Balaban J connectivity index is 2.40. The molecule has 1 heterocycles. The summed E-state index contributed by atoms with van der Waals surface area (Å²) in [5, 5.41) is 4.58. The number of pyridine rings is 1. The van der Waals surface area contributed by atoms with Crippen molar-refractivity contribution in [1.29, 1.82) is 0 Å². The Kier molecular flexibility index (Phi) is 4.00. The molecule has 1 aromatic carbocycles. The van der Waals surface area contributed by atoms with Crippen LogP contribution in [-0.4, -0.2) is 17.4 Å². The second-order valence-corrected chi connectivity index (χ2v) is 4.72. The zero-order chi connectivity index (χ0) is 13.8. The quantitative estimate of drug-likeness (QED) is 0.653. The van der Waals surface area contributed by atoms with Gasteiger partial charge in [0, 0.05) is 29.2 Å². The maximum atomic E-state index is 12.1. The minimum Gasteiger partial charge on any atom is -0.398 e. The van der Waals surface area contributed by atoms with Crippen LogP contribution in [0.1, 0.15) is 35.8 Å². The summed E-state index contributed by atoms with van der Waals surface area (Å²) in [6, 6.07) is 5.70. The van der Waals surface area contributed by atoms with E-state index in [9.17, 15) is 4.79 Å². The van der Waals surface area contributed by atoms with Gasteiger partial charge in [0.05, 0.1) is 0 Å². The Morgan fingerprint density at radius 1 is 1.37 bits per heavy atom. The maximum absolute atomic E-state index is 12.1. The molecule has 2 rings (SSSR count). The maximum Gasteiger partial charge on any atom is 0.270 e. The molecule has 0 radical (unpaired) electrons. The number of aryl methyl sites for hydroxylation is 1. The zero-order valence-electron chi connectivity index (χ0n) is 11.4. The molecule has 0 aliphatic carbocycles. The number of hydrogen-bond acceptors (Lipinski definition) is 3. The van der Waals surface area contributed by atoms with Crippen molar-refractivity contribution >= 4 is 22.4 Å². The average Bonchev–Trinajstić information content (AvgIpc) is 2.38. The molecule has 0 unspecified atom stereocenters. The first-order valence-corrected chi connectivity index (χ1v) is 6.56. The fourth-order valence-electron chi connectivity index (χ4n) is 2.11. The molecule has 0 aliphatic rings. The van der Waals surface area contributed by atoms with Crippen LogP contribution in [0.4, 0.5) is 5.69 Å². The van der Waals surface area contributed by atoms with Crippen molar-refractivity contribution in [2.45, 2.75) is 26.7 Å². The van der Waals surface area contributed by atoms with E-state index in [2.05, 4.69) is 17.2 Å². The third-order valence-corrected chi connectivity index (χ3v) is 3.09. The normalized spacial score (nSPS) is 10.6. The number of anilines is 1. The van der Waals surface area contributed by atoms with E-state index in [0.717, 1.165) is 29.2 Å². The molecule has 4 nitrogen and oxygen atoms in total. The van der Waals surface area contributed by atoms with Crippen molar-refractivity contribution in [1.82, 2.24) is 10.3 Å². The fourth-order valence-corrected chi connectivity index (χ4v) is 2.11. The van der Waals surface area contributed by atoms with Crippen molar-refractivity contribution < 1.29 is 4.79 Å². The van der Waals surface area contributed by atoms with Crippen LogP contribution in [-0.2, 0) is 0 Å². The average molecular weight is 257 g/mol. The number of hydrogen-bond donors (Lipinski definition) is 2. The first kappa shape index (κ1) is 13.3. The molecule has 1 amide bonds. The van der Waals surface area contributed by atoms with E-state index in [-0.39, 0.29) is 5.91 Å². The van der Waals surface area contributed by atoms with Crippen LogP contribution in [0.3, 0.4) is 0 Å². The van der Waals surface area contributed by atoms with E-state index in [1.54, 1.807) is 6.20 Å². The third-order valence-electron chi connectivity index (χ3n) is 3.09. The van der Waals surface area contributed by atoms with Gasteiger partial charge >= 0.3 is 0 Å². The number of carbonyl (C=O) groups excluding carboxylic acids is 1. The van der Waals surface area contributed by atoms with Gasteiger partial charge in [-0.15, -0.1) is 0 Å². The second kappa shape index (κ2) is 5.69. The number of nitrogens with two attached hydrogens (primary N) is 1. The Morgan fingerprint density at radius 2 is 2.16 bits per heavy atom. The summed E-state index contributed by atoms with van der Waals surface area (Å²) in [5.41, 5.74) is 8.15. The first-order valence-electron chi connectivity index (χ1n) is 6.56. The van der Waals surface area contributed by atoms with Crippen molar-refractivity contribution in [3.05, 3.63) is 35.7 Å². The predicted octanol–water partition coefficient (Wildman–Crippen LogP) is 2.66. The lowest BCUT2D eigenvalue weighted by Gasteiger charge is -2.09. The summed E-state index contributed by atoms with van der Waals surface area (Å²) < 4.78 is 0. The van der Waals surface area contributed by atoms with Gasteiger partial charge in [0.15, 0.2) is 0 Å². The Morgan fingerprint density at radius 3 is 2.89 bits per heavy atom. The van der Waals surface area contributed by atoms with Crippen LogP contribution in [0.2, 0.25) is 0 Å². The largest absolute Gasteiger partial charge is 0.398 e. The van der Waals surface area contributed by atoms with E-state index in [0.29, 0.717) is 17.9 Å². The number of benzene rings is 1. The number of unbranched alkanes of at least 4 members (excludes halogenated alkanes) is 1. The Labute approximate surface area is 113 Å². The highest BCUT2D eigenvalue weighted by Crippen LogP contribution is 2.24. The van der Waals surface area contributed by atoms with E-state index >= 15 is 0 Å². The standard InChI is InChI=1S/C15H19N3O/c1-3-4-6-18-15(19)14-12-8-10(2)9-13(16)11(12)5-7-17-14/h5,7-9H,3-4,6,16H2,1-2H3,(H,18,19). The molecular formula is C15H19N3O. The summed E-state index contributed by atoms with van der Waals surface area (Å²) in [7, 11) is 0. The van der Waals surface area contributed by atoms with E-state index in [1.165, 1.54) is 0 Å². The van der Waals surface area contributed by atoms with E-state index in [4.69, 9.17) is 5.73 Å². The van der Waals surface area contributed by atoms with Gasteiger partial charge in [0.2, 0.25) is 0 Å². The minimum absolute atomic E-state index is 0.135. The highest BCUT2D eigenvalue weighted by molar-refractivity contribution is 6.08. The zero-order valence-corrected chi connectivity index (χ0v) is 11.4. The van der Waals surface area contributed by atoms with Gasteiger partial charge < -0.3 is 11.1 Å². The smallest absolute Gasteiger partial charge is 0.270 e. The first-order chi connectivity index (χ1) is 9.13.